The Morgan fingerprint density at radius 3 is 2.38 bits per heavy atom. The molecule has 0 saturated carbocycles. The topological polar surface area (TPSA) is 54.9 Å². The highest BCUT2D eigenvalue weighted by Crippen LogP contribution is 2.31. The fraction of sp³-hybridized carbons (Fsp3) is 0.333. The van der Waals surface area contributed by atoms with E-state index >= 15 is 0 Å². The van der Waals surface area contributed by atoms with Gasteiger partial charge in [-0.1, -0.05) is 11.3 Å². The van der Waals surface area contributed by atoms with Gasteiger partial charge in [-0.05, 0) is 57.4 Å². The second kappa shape index (κ2) is 9.19. The smallest absolute Gasteiger partial charge is 0.260 e. The molecule has 1 amide bonds. The minimum Gasteiger partial charge on any atom is -0.497 e. The third kappa shape index (κ3) is 5.02. The zero-order chi connectivity index (χ0) is 21.0. The van der Waals surface area contributed by atoms with Gasteiger partial charge < -0.3 is 14.4 Å². The fourth-order valence-corrected chi connectivity index (χ4v) is 3.93. The van der Waals surface area contributed by atoms with Crippen LogP contribution in [0.1, 0.15) is 16.8 Å². The van der Waals surface area contributed by atoms with Crippen molar-refractivity contribution in [2.24, 2.45) is 0 Å². The Balaban J connectivity index is 1.98. The molecule has 8 heteroatoms. The predicted octanol–water partition coefficient (Wildman–Crippen LogP) is 4.05. The molecule has 0 atom stereocenters. The standard InChI is InChI=1S/C21H24FN3O3S/c1-24(2)8-5-9-25(21-23-18-7-6-15(22)12-19(18)29-21)20(26)14-10-16(27-3)13-17(11-14)28-4/h6-7,10-13H,5,8-9H2,1-4H3. The van der Waals surface area contributed by atoms with E-state index in [2.05, 4.69) is 9.88 Å². The van der Waals surface area contributed by atoms with E-state index in [1.165, 1.54) is 23.5 Å². The molecule has 3 aromatic rings. The normalized spacial score (nSPS) is 11.1. The molecule has 0 aliphatic carbocycles. The van der Waals surface area contributed by atoms with Gasteiger partial charge in [-0.2, -0.15) is 0 Å². The summed E-state index contributed by atoms with van der Waals surface area (Å²) in [5.41, 5.74) is 1.11. The summed E-state index contributed by atoms with van der Waals surface area (Å²) in [6.45, 7) is 1.31. The lowest BCUT2D eigenvalue weighted by Crippen LogP contribution is -2.33. The van der Waals surface area contributed by atoms with Gasteiger partial charge in [-0.25, -0.2) is 9.37 Å². The predicted molar refractivity (Wildman–Crippen MR) is 114 cm³/mol. The van der Waals surface area contributed by atoms with Gasteiger partial charge in [0.1, 0.15) is 17.3 Å². The molecule has 0 spiro atoms. The zero-order valence-electron chi connectivity index (χ0n) is 16.9. The highest BCUT2D eigenvalue weighted by Gasteiger charge is 2.22. The lowest BCUT2D eigenvalue weighted by atomic mass is 10.1. The summed E-state index contributed by atoms with van der Waals surface area (Å²) in [6.07, 6.45) is 0.768. The van der Waals surface area contributed by atoms with Gasteiger partial charge >= 0.3 is 0 Å². The van der Waals surface area contributed by atoms with Crippen molar-refractivity contribution in [1.29, 1.82) is 0 Å². The third-order valence-electron chi connectivity index (χ3n) is 4.40. The van der Waals surface area contributed by atoms with Gasteiger partial charge in [0.25, 0.3) is 5.91 Å². The van der Waals surface area contributed by atoms with E-state index in [0.29, 0.717) is 39.0 Å². The first kappa shape index (κ1) is 21.0. The minimum atomic E-state index is -0.323. The first-order valence-corrected chi connectivity index (χ1v) is 9.98. The molecule has 154 valence electrons. The molecule has 0 N–H and O–H groups in total. The number of halogens is 1. The number of rotatable bonds is 8. The number of benzene rings is 2. The molecule has 0 bridgehead atoms. The van der Waals surface area contributed by atoms with E-state index in [9.17, 15) is 9.18 Å². The Hall–Kier alpha value is -2.71. The van der Waals surface area contributed by atoms with Crippen molar-refractivity contribution in [1.82, 2.24) is 9.88 Å². The number of anilines is 1. The molecule has 0 fully saturated rings. The van der Waals surface area contributed by atoms with Gasteiger partial charge in [-0.15, -0.1) is 0 Å². The summed E-state index contributed by atoms with van der Waals surface area (Å²) >= 11 is 1.30. The Bertz CT molecular complexity index is 984. The molecule has 0 unspecified atom stereocenters. The number of thiazole rings is 1. The Labute approximate surface area is 173 Å². The Kier molecular flexibility index (Phi) is 6.66. The SMILES string of the molecule is COc1cc(OC)cc(C(=O)N(CCCN(C)C)c2nc3ccc(F)cc3s2)c1. The molecule has 3 rings (SSSR count). The van der Waals surface area contributed by atoms with Gasteiger partial charge in [-0.3, -0.25) is 9.69 Å². The third-order valence-corrected chi connectivity index (χ3v) is 5.44. The molecule has 0 saturated heterocycles. The maximum absolute atomic E-state index is 13.6. The first-order chi connectivity index (χ1) is 13.9. The van der Waals surface area contributed by atoms with Crippen molar-refractivity contribution in [2.45, 2.75) is 6.42 Å². The number of fused-ring (bicyclic) bond motifs is 1. The summed E-state index contributed by atoms with van der Waals surface area (Å²) in [7, 11) is 7.05. The van der Waals surface area contributed by atoms with Crippen LogP contribution in [0.25, 0.3) is 10.2 Å². The number of carbonyl (C=O) groups is 1. The fourth-order valence-electron chi connectivity index (χ4n) is 2.92. The van der Waals surface area contributed by atoms with Crippen molar-refractivity contribution in [3.63, 3.8) is 0 Å². The van der Waals surface area contributed by atoms with Gasteiger partial charge in [0.05, 0.1) is 24.4 Å². The first-order valence-electron chi connectivity index (χ1n) is 9.17. The molecule has 6 nitrogen and oxygen atoms in total. The molecule has 2 aromatic carbocycles. The van der Waals surface area contributed by atoms with E-state index in [0.717, 1.165) is 13.0 Å². The number of methoxy groups -OCH3 is 2. The van der Waals surface area contributed by atoms with Crippen LogP contribution < -0.4 is 14.4 Å². The number of nitrogens with zero attached hydrogens (tertiary/aromatic N) is 3. The molecular formula is C21H24FN3O3S. The van der Waals surface area contributed by atoms with Crippen molar-refractivity contribution < 1.29 is 18.7 Å². The number of ether oxygens (including phenoxy) is 2. The van der Waals surface area contributed by atoms with Crippen molar-refractivity contribution in [3.8, 4) is 11.5 Å². The number of hydrogen-bond donors (Lipinski definition) is 0. The van der Waals surface area contributed by atoms with Crippen molar-refractivity contribution >= 4 is 32.6 Å². The minimum absolute atomic E-state index is 0.208. The maximum atomic E-state index is 13.6. The Morgan fingerprint density at radius 1 is 1.07 bits per heavy atom. The van der Waals surface area contributed by atoms with Gasteiger partial charge in [0, 0.05) is 18.2 Å². The van der Waals surface area contributed by atoms with Crippen molar-refractivity contribution in [2.75, 3.05) is 46.3 Å². The average Bonchev–Trinajstić information content (AvgIpc) is 3.12. The van der Waals surface area contributed by atoms with E-state index in [-0.39, 0.29) is 11.7 Å². The van der Waals surface area contributed by atoms with Crippen LogP contribution in [-0.2, 0) is 0 Å². The second-order valence-corrected chi connectivity index (χ2v) is 7.83. The quantitative estimate of drug-likeness (QED) is 0.553. The molecule has 0 radical (unpaired) electrons. The highest BCUT2D eigenvalue weighted by molar-refractivity contribution is 7.22. The lowest BCUT2D eigenvalue weighted by Gasteiger charge is -2.21. The van der Waals surface area contributed by atoms with Crippen LogP contribution in [0, 0.1) is 5.82 Å². The Morgan fingerprint density at radius 2 is 1.76 bits per heavy atom. The van der Waals surface area contributed by atoms with Gasteiger partial charge in [0.2, 0.25) is 0 Å². The van der Waals surface area contributed by atoms with E-state index in [1.807, 2.05) is 14.1 Å². The highest BCUT2D eigenvalue weighted by atomic mass is 32.1. The van der Waals surface area contributed by atoms with E-state index < -0.39 is 0 Å². The van der Waals surface area contributed by atoms with Crippen molar-refractivity contribution in [3.05, 3.63) is 47.8 Å². The van der Waals surface area contributed by atoms with Crippen LogP contribution in [0.5, 0.6) is 11.5 Å². The molecule has 1 heterocycles. The average molecular weight is 418 g/mol. The maximum Gasteiger partial charge on any atom is 0.260 e. The lowest BCUT2D eigenvalue weighted by molar-refractivity contribution is 0.0985. The van der Waals surface area contributed by atoms with Crippen LogP contribution >= 0.6 is 11.3 Å². The molecule has 29 heavy (non-hydrogen) atoms. The molecular weight excluding hydrogens is 393 g/mol. The summed E-state index contributed by atoms with van der Waals surface area (Å²) < 4.78 is 24.9. The zero-order valence-corrected chi connectivity index (χ0v) is 17.8. The monoisotopic (exact) mass is 417 g/mol. The van der Waals surface area contributed by atoms with Crippen LogP contribution in [0.15, 0.2) is 36.4 Å². The number of carbonyl (C=O) groups excluding carboxylic acids is 1. The van der Waals surface area contributed by atoms with E-state index in [1.54, 1.807) is 43.4 Å². The number of amides is 1. The van der Waals surface area contributed by atoms with Crippen LogP contribution in [0.2, 0.25) is 0 Å². The molecule has 0 aliphatic rings. The summed E-state index contributed by atoms with van der Waals surface area (Å²) in [5.74, 6) is 0.538. The summed E-state index contributed by atoms with van der Waals surface area (Å²) in [5, 5.41) is 0.538. The second-order valence-electron chi connectivity index (χ2n) is 6.82. The van der Waals surface area contributed by atoms with Crippen LogP contribution in [0.3, 0.4) is 0 Å². The molecule has 0 aliphatic heterocycles. The van der Waals surface area contributed by atoms with Gasteiger partial charge in [0.15, 0.2) is 5.13 Å². The largest absolute Gasteiger partial charge is 0.497 e. The summed E-state index contributed by atoms with van der Waals surface area (Å²) in [6, 6.07) is 9.51. The molecule has 1 aromatic heterocycles. The number of aromatic nitrogens is 1. The van der Waals surface area contributed by atoms with Crippen LogP contribution in [0.4, 0.5) is 9.52 Å². The number of hydrogen-bond acceptors (Lipinski definition) is 6. The van der Waals surface area contributed by atoms with E-state index in [4.69, 9.17) is 9.47 Å². The summed E-state index contributed by atoms with van der Waals surface area (Å²) in [4.78, 5) is 21.7. The van der Waals surface area contributed by atoms with Crippen LogP contribution in [-0.4, -0.2) is 57.2 Å².